The van der Waals surface area contributed by atoms with E-state index in [9.17, 15) is 9.59 Å². The highest BCUT2D eigenvalue weighted by Crippen LogP contribution is 2.22. The standard InChI is InChI=1S/C24H27N3O2/c1-16-11-17(2)13-22(12-16)24(29)27-10-4-5-21(15-27)23(28)26-18(3)20-8-6-19(14-25)7-9-20/h6-9,11-13,18,21H,4-5,10,15H2,1-3H3,(H,26,28). The largest absolute Gasteiger partial charge is 0.349 e. The van der Waals surface area contributed by atoms with Crippen LogP contribution in [-0.2, 0) is 4.79 Å². The fourth-order valence-electron chi connectivity index (χ4n) is 3.92. The maximum Gasteiger partial charge on any atom is 0.253 e. The Morgan fingerprint density at radius 3 is 2.41 bits per heavy atom. The number of hydrogen-bond acceptors (Lipinski definition) is 3. The van der Waals surface area contributed by atoms with Gasteiger partial charge in [-0.15, -0.1) is 0 Å². The van der Waals surface area contributed by atoms with Gasteiger partial charge in [-0.2, -0.15) is 5.26 Å². The van der Waals surface area contributed by atoms with E-state index in [2.05, 4.69) is 11.4 Å². The number of carbonyl (C=O) groups is 2. The first-order valence-corrected chi connectivity index (χ1v) is 10.1. The lowest BCUT2D eigenvalue weighted by molar-refractivity contribution is -0.127. The number of rotatable bonds is 4. The van der Waals surface area contributed by atoms with Crippen LogP contribution in [0.1, 0.15) is 58.4 Å². The van der Waals surface area contributed by atoms with Gasteiger partial charge in [-0.3, -0.25) is 9.59 Å². The summed E-state index contributed by atoms with van der Waals surface area (Å²) >= 11 is 0. The molecule has 1 aliphatic heterocycles. The second-order valence-electron chi connectivity index (χ2n) is 7.93. The molecule has 0 radical (unpaired) electrons. The minimum absolute atomic E-state index is 0.00515. The van der Waals surface area contributed by atoms with Gasteiger partial charge >= 0.3 is 0 Å². The van der Waals surface area contributed by atoms with Gasteiger partial charge in [-0.1, -0.05) is 29.3 Å². The van der Waals surface area contributed by atoms with Crippen LogP contribution < -0.4 is 5.32 Å². The fraction of sp³-hybridized carbons (Fsp3) is 0.375. The van der Waals surface area contributed by atoms with E-state index in [0.29, 0.717) is 24.2 Å². The summed E-state index contributed by atoms with van der Waals surface area (Å²) in [5.41, 5.74) is 4.37. The Bertz CT molecular complexity index is 923. The minimum Gasteiger partial charge on any atom is -0.349 e. The average Bonchev–Trinajstić information content (AvgIpc) is 2.72. The molecule has 3 rings (SSSR count). The molecule has 2 atom stereocenters. The third-order valence-electron chi connectivity index (χ3n) is 5.45. The highest BCUT2D eigenvalue weighted by molar-refractivity contribution is 5.95. The zero-order chi connectivity index (χ0) is 21.0. The predicted octanol–water partition coefficient (Wildman–Crippen LogP) is 3.90. The van der Waals surface area contributed by atoms with Crippen molar-refractivity contribution in [2.45, 2.75) is 39.7 Å². The van der Waals surface area contributed by atoms with Gasteiger partial charge in [-0.25, -0.2) is 0 Å². The molecule has 1 heterocycles. The summed E-state index contributed by atoms with van der Waals surface area (Å²) in [6.45, 7) is 7.03. The van der Waals surface area contributed by atoms with Gasteiger partial charge in [0, 0.05) is 18.7 Å². The summed E-state index contributed by atoms with van der Waals surface area (Å²) in [7, 11) is 0. The van der Waals surface area contributed by atoms with Crippen LogP contribution in [0.3, 0.4) is 0 Å². The van der Waals surface area contributed by atoms with E-state index in [1.54, 1.807) is 17.0 Å². The molecule has 0 aliphatic carbocycles. The SMILES string of the molecule is Cc1cc(C)cc(C(=O)N2CCCC(C(=O)NC(C)c3ccc(C#N)cc3)C2)c1. The Labute approximate surface area is 172 Å². The van der Waals surface area contributed by atoms with E-state index >= 15 is 0 Å². The van der Waals surface area contributed by atoms with Crippen molar-refractivity contribution in [2.75, 3.05) is 13.1 Å². The summed E-state index contributed by atoms with van der Waals surface area (Å²) in [5, 5.41) is 12.0. The Hall–Kier alpha value is -3.13. The van der Waals surface area contributed by atoms with Crippen molar-refractivity contribution in [3.63, 3.8) is 0 Å². The monoisotopic (exact) mass is 389 g/mol. The van der Waals surface area contributed by atoms with Crippen molar-refractivity contribution in [3.05, 3.63) is 70.3 Å². The van der Waals surface area contributed by atoms with Crippen molar-refractivity contribution in [2.24, 2.45) is 5.92 Å². The molecular weight excluding hydrogens is 362 g/mol. The first-order valence-electron chi connectivity index (χ1n) is 10.1. The lowest BCUT2D eigenvalue weighted by atomic mass is 9.95. The molecule has 1 saturated heterocycles. The highest BCUT2D eigenvalue weighted by Gasteiger charge is 2.29. The Morgan fingerprint density at radius 2 is 1.79 bits per heavy atom. The maximum absolute atomic E-state index is 12.9. The normalized spacial score (nSPS) is 17.3. The number of piperidine rings is 1. The van der Waals surface area contributed by atoms with Crippen LogP contribution in [0.15, 0.2) is 42.5 Å². The molecule has 29 heavy (non-hydrogen) atoms. The molecule has 0 saturated carbocycles. The molecule has 0 spiro atoms. The number of benzene rings is 2. The summed E-state index contributed by atoms with van der Waals surface area (Å²) < 4.78 is 0. The van der Waals surface area contributed by atoms with Crippen molar-refractivity contribution in [1.82, 2.24) is 10.2 Å². The van der Waals surface area contributed by atoms with Crippen LogP contribution in [0.2, 0.25) is 0 Å². The molecule has 2 amide bonds. The van der Waals surface area contributed by atoms with E-state index in [-0.39, 0.29) is 23.8 Å². The fourth-order valence-corrected chi connectivity index (χ4v) is 3.92. The van der Waals surface area contributed by atoms with Crippen molar-refractivity contribution in [1.29, 1.82) is 5.26 Å². The van der Waals surface area contributed by atoms with Gasteiger partial charge in [0.05, 0.1) is 23.6 Å². The number of amides is 2. The third kappa shape index (κ3) is 5.03. The van der Waals surface area contributed by atoms with E-state index in [4.69, 9.17) is 5.26 Å². The third-order valence-corrected chi connectivity index (χ3v) is 5.45. The molecule has 1 N–H and O–H groups in total. The zero-order valence-corrected chi connectivity index (χ0v) is 17.2. The maximum atomic E-state index is 12.9. The molecule has 2 unspecified atom stereocenters. The zero-order valence-electron chi connectivity index (χ0n) is 17.2. The lowest BCUT2D eigenvalue weighted by Crippen LogP contribution is -2.45. The second-order valence-corrected chi connectivity index (χ2v) is 7.93. The molecular formula is C24H27N3O2. The second kappa shape index (κ2) is 8.91. The van der Waals surface area contributed by atoms with E-state index < -0.39 is 0 Å². The molecule has 5 heteroatoms. The summed E-state index contributed by atoms with van der Waals surface area (Å²) in [6.07, 6.45) is 1.60. The van der Waals surface area contributed by atoms with Gasteiger partial charge < -0.3 is 10.2 Å². The number of carbonyl (C=O) groups excluding carboxylic acids is 2. The van der Waals surface area contributed by atoms with Crippen LogP contribution in [-0.4, -0.2) is 29.8 Å². The number of nitriles is 1. The van der Waals surface area contributed by atoms with Crippen LogP contribution in [0, 0.1) is 31.1 Å². The molecule has 1 fully saturated rings. The Kier molecular flexibility index (Phi) is 6.33. The van der Waals surface area contributed by atoms with Gasteiger partial charge in [0.2, 0.25) is 5.91 Å². The molecule has 150 valence electrons. The minimum atomic E-state index is -0.209. The number of likely N-dealkylation sites (tertiary alicyclic amines) is 1. The van der Waals surface area contributed by atoms with Gasteiger partial charge in [-0.05, 0) is 63.4 Å². The van der Waals surface area contributed by atoms with Crippen LogP contribution >= 0.6 is 0 Å². The number of nitrogens with zero attached hydrogens (tertiary/aromatic N) is 2. The molecule has 2 aromatic rings. The van der Waals surface area contributed by atoms with Gasteiger partial charge in [0.25, 0.3) is 5.91 Å². The van der Waals surface area contributed by atoms with Crippen molar-refractivity contribution >= 4 is 11.8 Å². The first kappa shape index (κ1) is 20.6. The molecule has 1 aliphatic rings. The molecule has 5 nitrogen and oxygen atoms in total. The predicted molar refractivity (Wildman–Crippen MR) is 112 cm³/mol. The van der Waals surface area contributed by atoms with E-state index in [1.165, 1.54) is 0 Å². The quantitative estimate of drug-likeness (QED) is 0.862. The average molecular weight is 389 g/mol. The summed E-state index contributed by atoms with van der Waals surface area (Å²) in [6, 6.07) is 15.0. The van der Waals surface area contributed by atoms with Crippen LogP contribution in [0.25, 0.3) is 0 Å². The molecule has 0 aromatic heterocycles. The summed E-state index contributed by atoms with van der Waals surface area (Å²) in [5.74, 6) is -0.242. The van der Waals surface area contributed by atoms with Crippen molar-refractivity contribution in [3.8, 4) is 6.07 Å². The Balaban J connectivity index is 1.64. The number of nitrogens with one attached hydrogen (secondary N) is 1. The first-order chi connectivity index (χ1) is 13.9. The smallest absolute Gasteiger partial charge is 0.253 e. The van der Waals surface area contributed by atoms with E-state index in [1.807, 2.05) is 51.1 Å². The molecule has 0 bridgehead atoms. The van der Waals surface area contributed by atoms with Crippen LogP contribution in [0.4, 0.5) is 0 Å². The number of aryl methyl sites for hydroxylation is 2. The van der Waals surface area contributed by atoms with Crippen LogP contribution in [0.5, 0.6) is 0 Å². The summed E-state index contributed by atoms with van der Waals surface area (Å²) in [4.78, 5) is 27.6. The van der Waals surface area contributed by atoms with Gasteiger partial charge in [0.15, 0.2) is 0 Å². The van der Waals surface area contributed by atoms with Gasteiger partial charge in [0.1, 0.15) is 0 Å². The molecule has 2 aromatic carbocycles. The Morgan fingerprint density at radius 1 is 1.14 bits per heavy atom. The van der Waals surface area contributed by atoms with Crippen molar-refractivity contribution < 1.29 is 9.59 Å². The van der Waals surface area contributed by atoms with E-state index in [0.717, 1.165) is 29.5 Å². The highest BCUT2D eigenvalue weighted by atomic mass is 16.2. The lowest BCUT2D eigenvalue weighted by Gasteiger charge is -2.33. The number of hydrogen-bond donors (Lipinski definition) is 1. The topological polar surface area (TPSA) is 73.2 Å².